The van der Waals surface area contributed by atoms with Gasteiger partial charge in [-0.1, -0.05) is 17.7 Å². The van der Waals surface area contributed by atoms with E-state index >= 15 is 0 Å². The summed E-state index contributed by atoms with van der Waals surface area (Å²) in [6, 6.07) is 11.9. The maximum atomic E-state index is 12.2. The highest BCUT2D eigenvalue weighted by atomic mass is 35.5. The molecule has 0 aliphatic rings. The highest BCUT2D eigenvalue weighted by Gasteiger charge is 2.22. The predicted molar refractivity (Wildman–Crippen MR) is 90.3 cm³/mol. The van der Waals surface area contributed by atoms with E-state index in [4.69, 9.17) is 26.5 Å². The Morgan fingerprint density at radius 1 is 1.28 bits per heavy atom. The number of ether oxygens (including phenoxy) is 1. The molecule has 0 saturated heterocycles. The Bertz CT molecular complexity index is 918. The molecule has 1 aromatic carbocycles. The van der Waals surface area contributed by atoms with E-state index in [9.17, 15) is 9.59 Å². The Balaban J connectivity index is 2.04. The van der Waals surface area contributed by atoms with Crippen molar-refractivity contribution >= 4 is 23.5 Å². The monoisotopic (exact) mass is 359 g/mol. The maximum absolute atomic E-state index is 12.2. The van der Waals surface area contributed by atoms with E-state index in [1.54, 1.807) is 36.4 Å². The normalized spacial score (nSPS) is 11.9. The van der Waals surface area contributed by atoms with E-state index in [2.05, 4.69) is 5.10 Å². The second-order valence-corrected chi connectivity index (χ2v) is 5.67. The standard InChI is InChI=1S/C17H14ClN3O4/c1-10(16(19)22)25-17(23)13-9-14(15-6-3-7-24-15)21(20-13)12-5-2-4-11(18)8-12/h2-10H,1H3,(H2,19,22). The lowest BCUT2D eigenvalue weighted by molar-refractivity contribution is -0.125. The fourth-order valence-corrected chi connectivity index (χ4v) is 2.35. The van der Waals surface area contributed by atoms with Gasteiger partial charge in [-0.25, -0.2) is 9.48 Å². The molecule has 1 unspecified atom stereocenters. The summed E-state index contributed by atoms with van der Waals surface area (Å²) < 4.78 is 11.9. The van der Waals surface area contributed by atoms with Crippen LogP contribution < -0.4 is 5.73 Å². The van der Waals surface area contributed by atoms with Gasteiger partial charge < -0.3 is 14.9 Å². The number of hydrogen-bond donors (Lipinski definition) is 1. The summed E-state index contributed by atoms with van der Waals surface area (Å²) in [5, 5.41) is 4.78. The van der Waals surface area contributed by atoms with Gasteiger partial charge >= 0.3 is 5.97 Å². The van der Waals surface area contributed by atoms with Crippen molar-refractivity contribution in [2.24, 2.45) is 5.73 Å². The van der Waals surface area contributed by atoms with Crippen molar-refractivity contribution < 1.29 is 18.7 Å². The third-order valence-electron chi connectivity index (χ3n) is 3.43. The number of carbonyl (C=O) groups is 2. The first-order chi connectivity index (χ1) is 12.0. The molecule has 25 heavy (non-hydrogen) atoms. The largest absolute Gasteiger partial charge is 0.463 e. The van der Waals surface area contributed by atoms with Crippen molar-refractivity contribution in [1.29, 1.82) is 0 Å². The maximum Gasteiger partial charge on any atom is 0.359 e. The number of amides is 1. The van der Waals surface area contributed by atoms with Crippen LogP contribution >= 0.6 is 11.6 Å². The van der Waals surface area contributed by atoms with Crippen LogP contribution in [0, 0.1) is 0 Å². The van der Waals surface area contributed by atoms with Crippen molar-refractivity contribution in [2.45, 2.75) is 13.0 Å². The molecule has 8 heteroatoms. The van der Waals surface area contributed by atoms with Crippen LogP contribution in [-0.2, 0) is 9.53 Å². The number of benzene rings is 1. The van der Waals surface area contributed by atoms with Gasteiger partial charge in [0.1, 0.15) is 5.69 Å². The van der Waals surface area contributed by atoms with Crippen molar-refractivity contribution in [1.82, 2.24) is 9.78 Å². The highest BCUT2D eigenvalue weighted by Crippen LogP contribution is 2.26. The van der Waals surface area contributed by atoms with Crippen LogP contribution in [0.1, 0.15) is 17.4 Å². The van der Waals surface area contributed by atoms with Gasteiger partial charge in [-0.3, -0.25) is 4.79 Å². The first-order valence-corrected chi connectivity index (χ1v) is 7.73. The lowest BCUT2D eigenvalue weighted by Crippen LogP contribution is -2.30. The molecule has 2 aromatic heterocycles. The molecule has 3 rings (SSSR count). The second-order valence-electron chi connectivity index (χ2n) is 5.23. The fourth-order valence-electron chi connectivity index (χ4n) is 2.16. The molecule has 0 bridgehead atoms. The van der Waals surface area contributed by atoms with Gasteiger partial charge in [0.25, 0.3) is 5.91 Å². The number of hydrogen-bond acceptors (Lipinski definition) is 5. The number of furan rings is 1. The molecule has 128 valence electrons. The van der Waals surface area contributed by atoms with Gasteiger partial charge in [-0.15, -0.1) is 0 Å². The molecule has 0 aliphatic heterocycles. The molecule has 0 aliphatic carbocycles. The SMILES string of the molecule is CC(OC(=O)c1cc(-c2ccco2)n(-c2cccc(Cl)c2)n1)C(N)=O. The topological polar surface area (TPSA) is 100 Å². The summed E-state index contributed by atoms with van der Waals surface area (Å²) in [7, 11) is 0. The average molecular weight is 360 g/mol. The predicted octanol–water partition coefficient (Wildman–Crippen LogP) is 2.82. The molecule has 1 atom stereocenters. The Labute approximate surface area is 147 Å². The van der Waals surface area contributed by atoms with Crippen LogP contribution in [0.5, 0.6) is 0 Å². The Morgan fingerprint density at radius 2 is 2.08 bits per heavy atom. The van der Waals surface area contributed by atoms with Crippen LogP contribution in [0.25, 0.3) is 17.1 Å². The molecule has 0 spiro atoms. The minimum absolute atomic E-state index is 0.0134. The number of nitrogens with zero attached hydrogens (tertiary/aromatic N) is 2. The molecule has 2 N–H and O–H groups in total. The van der Waals surface area contributed by atoms with E-state index in [1.807, 2.05) is 0 Å². The summed E-state index contributed by atoms with van der Waals surface area (Å²) >= 11 is 6.04. The molecular weight excluding hydrogens is 346 g/mol. The van der Waals surface area contributed by atoms with Crippen LogP contribution in [0.4, 0.5) is 0 Å². The molecule has 7 nitrogen and oxygen atoms in total. The number of carbonyl (C=O) groups excluding carboxylic acids is 2. The molecular formula is C17H14ClN3O4. The number of rotatable bonds is 5. The molecule has 1 amide bonds. The van der Waals surface area contributed by atoms with Crippen molar-refractivity contribution in [3.05, 3.63) is 59.4 Å². The van der Waals surface area contributed by atoms with Gasteiger partial charge in [0.15, 0.2) is 17.6 Å². The van der Waals surface area contributed by atoms with Crippen LogP contribution in [0.2, 0.25) is 5.02 Å². The summed E-state index contributed by atoms with van der Waals surface area (Å²) in [5.74, 6) is -0.997. The minimum atomic E-state index is -1.06. The first kappa shape index (κ1) is 16.8. The molecule has 3 aromatic rings. The number of aromatic nitrogens is 2. The average Bonchev–Trinajstić information content (AvgIpc) is 3.24. The number of nitrogens with two attached hydrogens (primary N) is 1. The summed E-state index contributed by atoms with van der Waals surface area (Å²) in [6.45, 7) is 1.39. The summed E-state index contributed by atoms with van der Waals surface area (Å²) in [6.07, 6.45) is 0.452. The van der Waals surface area contributed by atoms with Crippen molar-refractivity contribution in [2.75, 3.05) is 0 Å². The minimum Gasteiger partial charge on any atom is -0.463 e. The van der Waals surface area contributed by atoms with Gasteiger partial charge in [0.05, 0.1) is 12.0 Å². The zero-order valence-corrected chi connectivity index (χ0v) is 13.9. The van der Waals surface area contributed by atoms with E-state index in [1.165, 1.54) is 23.9 Å². The van der Waals surface area contributed by atoms with Crippen LogP contribution in [-0.4, -0.2) is 27.8 Å². The second kappa shape index (κ2) is 6.82. The molecule has 0 radical (unpaired) electrons. The number of primary amides is 1. The zero-order chi connectivity index (χ0) is 18.0. The van der Waals surface area contributed by atoms with Gasteiger partial charge in [0, 0.05) is 11.1 Å². The fraction of sp³-hybridized carbons (Fsp3) is 0.118. The van der Waals surface area contributed by atoms with Crippen molar-refractivity contribution in [3.63, 3.8) is 0 Å². The van der Waals surface area contributed by atoms with Gasteiger partial charge in [0.2, 0.25) is 0 Å². The van der Waals surface area contributed by atoms with E-state index in [0.29, 0.717) is 22.2 Å². The molecule has 0 fully saturated rings. The summed E-state index contributed by atoms with van der Waals surface area (Å²) in [5.41, 5.74) is 6.30. The third-order valence-corrected chi connectivity index (χ3v) is 3.66. The van der Waals surface area contributed by atoms with Crippen LogP contribution in [0.3, 0.4) is 0 Å². The van der Waals surface area contributed by atoms with Gasteiger partial charge in [-0.2, -0.15) is 5.10 Å². The van der Waals surface area contributed by atoms with E-state index in [0.717, 1.165) is 0 Å². The Hall–Kier alpha value is -3.06. The Kier molecular flexibility index (Phi) is 4.58. The lowest BCUT2D eigenvalue weighted by atomic mass is 10.2. The van der Waals surface area contributed by atoms with E-state index in [-0.39, 0.29) is 5.69 Å². The number of esters is 1. The van der Waals surface area contributed by atoms with Crippen molar-refractivity contribution in [3.8, 4) is 17.1 Å². The first-order valence-electron chi connectivity index (χ1n) is 7.36. The van der Waals surface area contributed by atoms with E-state index < -0.39 is 18.0 Å². The summed E-state index contributed by atoms with van der Waals surface area (Å²) in [4.78, 5) is 23.3. The third kappa shape index (κ3) is 3.56. The zero-order valence-electron chi connectivity index (χ0n) is 13.2. The number of halogens is 1. The smallest absolute Gasteiger partial charge is 0.359 e. The quantitative estimate of drug-likeness (QED) is 0.706. The molecule has 0 saturated carbocycles. The van der Waals surface area contributed by atoms with Crippen LogP contribution in [0.15, 0.2) is 53.1 Å². The van der Waals surface area contributed by atoms with Gasteiger partial charge in [-0.05, 0) is 37.3 Å². The molecule has 2 heterocycles. The highest BCUT2D eigenvalue weighted by molar-refractivity contribution is 6.30. The lowest BCUT2D eigenvalue weighted by Gasteiger charge is -2.07. The Morgan fingerprint density at radius 3 is 2.72 bits per heavy atom.